The van der Waals surface area contributed by atoms with E-state index < -0.39 is 23.0 Å². The zero-order valence-electron chi connectivity index (χ0n) is 12.2. The minimum Gasteiger partial charge on any atom is -0.496 e. The van der Waals surface area contributed by atoms with Gasteiger partial charge in [-0.1, -0.05) is 13.8 Å². The lowest BCUT2D eigenvalue weighted by molar-refractivity contribution is -0.186. The first kappa shape index (κ1) is 16.1. The first-order valence-electron chi connectivity index (χ1n) is 6.66. The van der Waals surface area contributed by atoms with Gasteiger partial charge in [-0.15, -0.1) is 0 Å². The maximum absolute atomic E-state index is 13.4. The second-order valence-electron chi connectivity index (χ2n) is 6.01. The van der Waals surface area contributed by atoms with Gasteiger partial charge >= 0.3 is 6.18 Å². The van der Waals surface area contributed by atoms with Gasteiger partial charge in [0.25, 0.3) is 0 Å². The van der Waals surface area contributed by atoms with Crippen LogP contribution in [0.2, 0.25) is 0 Å². The monoisotopic (exact) mass is 306 g/mol. The summed E-state index contributed by atoms with van der Waals surface area (Å²) in [5, 5.41) is 0. The lowest BCUT2D eigenvalue weighted by atomic mass is 9.78. The summed E-state index contributed by atoms with van der Waals surface area (Å²) in [6.07, 6.45) is -4.30. The number of methoxy groups -OCH3 is 1. The fraction of sp³-hybridized carbons (Fsp3) is 0.600. The van der Waals surface area contributed by atoms with Crippen LogP contribution in [0.5, 0.6) is 5.75 Å². The van der Waals surface area contributed by atoms with Gasteiger partial charge in [0.2, 0.25) is 0 Å². The molecule has 0 aromatic heterocycles. The molecule has 0 aliphatic carbocycles. The molecule has 0 bridgehead atoms. The average Bonchev–Trinajstić information content (AvgIpc) is 3.17. The molecule has 0 unspecified atom stereocenters. The Morgan fingerprint density at radius 3 is 2.38 bits per heavy atom. The normalized spacial score (nSPS) is 22.2. The highest BCUT2D eigenvalue weighted by Gasteiger charge is 2.65. The summed E-state index contributed by atoms with van der Waals surface area (Å²) >= 11 is 0. The molecular formula is C15H18F4O2. The summed E-state index contributed by atoms with van der Waals surface area (Å²) in [5.41, 5.74) is -2.12. The van der Waals surface area contributed by atoms with Gasteiger partial charge in [-0.25, -0.2) is 4.39 Å². The van der Waals surface area contributed by atoms with Crippen LogP contribution >= 0.6 is 0 Å². The number of epoxide rings is 1. The van der Waals surface area contributed by atoms with E-state index in [-0.39, 0.29) is 19.4 Å². The smallest absolute Gasteiger partial charge is 0.419 e. The third-order valence-electron chi connectivity index (χ3n) is 4.05. The van der Waals surface area contributed by atoms with Crippen LogP contribution in [0.1, 0.15) is 32.3 Å². The van der Waals surface area contributed by atoms with Gasteiger partial charge in [0.15, 0.2) is 5.60 Å². The number of halogens is 4. The second-order valence-corrected chi connectivity index (χ2v) is 6.01. The Kier molecular flexibility index (Phi) is 3.95. The lowest BCUT2D eigenvalue weighted by Crippen LogP contribution is -2.34. The standard InChI is InChI=1S/C15H18F4O2/c1-13(2,6-7-14(9-21-14)15(17,18)19)11-8-10(16)4-5-12(11)20-3/h4-5,8H,6-7,9H2,1-3H3/t14-/m0/s1. The molecule has 1 fully saturated rings. The van der Waals surface area contributed by atoms with Crippen molar-refractivity contribution in [2.45, 2.75) is 43.9 Å². The molecule has 0 radical (unpaired) electrons. The quantitative estimate of drug-likeness (QED) is 0.600. The van der Waals surface area contributed by atoms with E-state index in [9.17, 15) is 17.6 Å². The molecule has 118 valence electrons. The molecule has 1 aliphatic heterocycles. The van der Waals surface area contributed by atoms with Crippen molar-refractivity contribution in [1.82, 2.24) is 0 Å². The van der Waals surface area contributed by atoms with Crippen LogP contribution in [0, 0.1) is 5.82 Å². The summed E-state index contributed by atoms with van der Waals surface area (Å²) in [7, 11) is 1.45. The Morgan fingerprint density at radius 1 is 1.29 bits per heavy atom. The van der Waals surface area contributed by atoms with Gasteiger partial charge in [-0.3, -0.25) is 0 Å². The molecule has 2 nitrogen and oxygen atoms in total. The van der Waals surface area contributed by atoms with Crippen molar-refractivity contribution in [1.29, 1.82) is 0 Å². The molecule has 21 heavy (non-hydrogen) atoms. The van der Waals surface area contributed by atoms with Crippen LogP contribution in [0.4, 0.5) is 17.6 Å². The molecule has 0 spiro atoms. The number of benzene rings is 1. The molecule has 1 aliphatic rings. The number of hydrogen-bond acceptors (Lipinski definition) is 2. The Morgan fingerprint density at radius 2 is 1.90 bits per heavy atom. The highest BCUT2D eigenvalue weighted by atomic mass is 19.4. The van der Waals surface area contributed by atoms with Crippen molar-refractivity contribution in [3.05, 3.63) is 29.6 Å². The fourth-order valence-electron chi connectivity index (χ4n) is 2.40. The number of rotatable bonds is 5. The largest absolute Gasteiger partial charge is 0.496 e. The first-order chi connectivity index (χ1) is 9.61. The topological polar surface area (TPSA) is 21.8 Å². The molecule has 2 rings (SSSR count). The summed E-state index contributed by atoms with van der Waals surface area (Å²) in [6, 6.07) is 4.06. The lowest BCUT2D eigenvalue weighted by Gasteiger charge is -2.29. The van der Waals surface area contributed by atoms with Gasteiger partial charge < -0.3 is 9.47 Å². The Balaban J connectivity index is 2.18. The predicted octanol–water partition coefficient (Wildman–Crippen LogP) is 4.22. The van der Waals surface area contributed by atoms with Crippen molar-refractivity contribution in [2.75, 3.05) is 13.7 Å². The SMILES string of the molecule is COc1ccc(F)cc1C(C)(C)CC[C@@]1(C(F)(F)F)CO1. The number of ether oxygens (including phenoxy) is 2. The summed E-state index contributed by atoms with van der Waals surface area (Å²) in [4.78, 5) is 0. The van der Waals surface area contributed by atoms with E-state index in [1.54, 1.807) is 13.8 Å². The molecule has 1 aromatic rings. The predicted molar refractivity (Wildman–Crippen MR) is 70.0 cm³/mol. The van der Waals surface area contributed by atoms with E-state index in [1.807, 2.05) is 0 Å². The Labute approximate surface area is 121 Å². The van der Waals surface area contributed by atoms with E-state index in [1.165, 1.54) is 25.3 Å². The van der Waals surface area contributed by atoms with Crippen molar-refractivity contribution in [2.24, 2.45) is 0 Å². The minimum absolute atomic E-state index is 0.150. The molecule has 0 saturated carbocycles. The fourth-order valence-corrected chi connectivity index (χ4v) is 2.40. The molecule has 1 aromatic carbocycles. The highest BCUT2D eigenvalue weighted by molar-refractivity contribution is 5.39. The maximum atomic E-state index is 13.4. The molecule has 0 N–H and O–H groups in total. The van der Waals surface area contributed by atoms with Crippen LogP contribution in [0.3, 0.4) is 0 Å². The molecule has 1 atom stereocenters. The van der Waals surface area contributed by atoms with E-state index >= 15 is 0 Å². The van der Waals surface area contributed by atoms with Crippen LogP contribution in [-0.2, 0) is 10.2 Å². The average molecular weight is 306 g/mol. The van der Waals surface area contributed by atoms with Crippen molar-refractivity contribution >= 4 is 0 Å². The Bertz CT molecular complexity index is 519. The summed E-state index contributed by atoms with van der Waals surface area (Å²) in [5.74, 6) is 0.0336. The number of alkyl halides is 3. The van der Waals surface area contributed by atoms with E-state index in [2.05, 4.69) is 4.74 Å². The number of hydrogen-bond donors (Lipinski definition) is 0. The maximum Gasteiger partial charge on any atom is 0.419 e. The van der Waals surface area contributed by atoms with E-state index in [4.69, 9.17) is 4.74 Å². The summed E-state index contributed by atoms with van der Waals surface area (Å²) < 4.78 is 61.9. The zero-order chi connectivity index (χ0) is 15.9. The molecule has 1 saturated heterocycles. The van der Waals surface area contributed by atoms with Crippen LogP contribution in [-0.4, -0.2) is 25.5 Å². The molecular weight excluding hydrogens is 288 g/mol. The minimum atomic E-state index is -4.37. The molecule has 1 heterocycles. The molecule has 0 amide bonds. The second kappa shape index (κ2) is 5.16. The van der Waals surface area contributed by atoms with Crippen molar-refractivity contribution in [3.63, 3.8) is 0 Å². The van der Waals surface area contributed by atoms with Crippen LogP contribution in [0.15, 0.2) is 18.2 Å². The third kappa shape index (κ3) is 3.15. The van der Waals surface area contributed by atoms with Crippen LogP contribution < -0.4 is 4.74 Å². The van der Waals surface area contributed by atoms with Crippen molar-refractivity contribution in [3.8, 4) is 5.75 Å². The van der Waals surface area contributed by atoms with Gasteiger partial charge in [0.1, 0.15) is 11.6 Å². The van der Waals surface area contributed by atoms with E-state index in [0.717, 1.165) is 0 Å². The van der Waals surface area contributed by atoms with Gasteiger partial charge in [0.05, 0.1) is 13.7 Å². The Hall–Kier alpha value is -1.30. The highest BCUT2D eigenvalue weighted by Crippen LogP contribution is 2.49. The third-order valence-corrected chi connectivity index (χ3v) is 4.05. The van der Waals surface area contributed by atoms with Crippen molar-refractivity contribution < 1.29 is 27.0 Å². The van der Waals surface area contributed by atoms with Crippen LogP contribution in [0.25, 0.3) is 0 Å². The first-order valence-corrected chi connectivity index (χ1v) is 6.66. The molecule has 6 heteroatoms. The summed E-state index contributed by atoms with van der Waals surface area (Å²) in [6.45, 7) is 3.25. The van der Waals surface area contributed by atoms with Gasteiger partial charge in [-0.05, 0) is 36.5 Å². The van der Waals surface area contributed by atoms with Gasteiger partial charge in [0, 0.05) is 5.56 Å². The van der Waals surface area contributed by atoms with Gasteiger partial charge in [-0.2, -0.15) is 13.2 Å². The zero-order valence-corrected chi connectivity index (χ0v) is 12.2. The van der Waals surface area contributed by atoms with E-state index in [0.29, 0.717) is 11.3 Å².